The Labute approximate surface area is 186 Å². The third-order valence-corrected chi connectivity index (χ3v) is 5.54. The highest BCUT2D eigenvalue weighted by atomic mass is 16.6. The van der Waals surface area contributed by atoms with Gasteiger partial charge in [0.2, 0.25) is 0 Å². The lowest BCUT2D eigenvalue weighted by Crippen LogP contribution is -2.43. The van der Waals surface area contributed by atoms with Crippen LogP contribution in [0.2, 0.25) is 0 Å². The van der Waals surface area contributed by atoms with E-state index in [2.05, 4.69) is 5.32 Å². The topological polar surface area (TPSA) is 69.3 Å². The van der Waals surface area contributed by atoms with Gasteiger partial charge < -0.3 is 24.3 Å². The van der Waals surface area contributed by atoms with Crippen LogP contribution in [-0.2, 0) is 0 Å². The van der Waals surface area contributed by atoms with Crippen molar-refractivity contribution in [2.75, 3.05) is 37.1 Å². The summed E-state index contributed by atoms with van der Waals surface area (Å²) in [5.74, 6) is 2.38. The monoisotopic (exact) mass is 432 g/mol. The van der Waals surface area contributed by atoms with Crippen LogP contribution in [0.15, 0.2) is 60.7 Å². The number of carbonyl (C=O) groups is 1. The first kappa shape index (κ1) is 20.1. The number of anilines is 2. The molecule has 7 heteroatoms. The van der Waals surface area contributed by atoms with Gasteiger partial charge >= 0.3 is 0 Å². The fraction of sp³-hybridized carbons (Fsp3) is 0.240. The summed E-state index contributed by atoms with van der Waals surface area (Å²) < 4.78 is 22.9. The van der Waals surface area contributed by atoms with E-state index in [0.29, 0.717) is 54.1 Å². The van der Waals surface area contributed by atoms with E-state index in [0.717, 1.165) is 11.3 Å². The van der Waals surface area contributed by atoms with Crippen LogP contribution in [0.5, 0.6) is 23.0 Å². The molecule has 3 aromatic carbocycles. The van der Waals surface area contributed by atoms with Crippen molar-refractivity contribution < 1.29 is 23.7 Å². The summed E-state index contributed by atoms with van der Waals surface area (Å²) in [6.07, 6.45) is -0.518. The Kier molecular flexibility index (Phi) is 5.23. The zero-order chi connectivity index (χ0) is 22.1. The summed E-state index contributed by atoms with van der Waals surface area (Å²) in [4.78, 5) is 15.4. The molecule has 1 amide bonds. The quantitative estimate of drug-likeness (QED) is 0.634. The second-order valence-electron chi connectivity index (χ2n) is 7.41. The standard InChI is InChI=1S/C25H24N2O5/c1-3-30-21-10-6-8-18(23(21)29-2)24-26-19-9-5-4-7-17(19)25(28)27(24)16-11-12-20-22(15-16)32-14-13-31-20/h4-12,15,24,26H,3,13-14H2,1-2H3. The number of nitrogens with one attached hydrogen (secondary N) is 1. The maximum atomic E-state index is 13.7. The Morgan fingerprint density at radius 1 is 1.03 bits per heavy atom. The minimum absolute atomic E-state index is 0.120. The first-order valence-electron chi connectivity index (χ1n) is 10.6. The van der Waals surface area contributed by atoms with Crippen LogP contribution < -0.4 is 29.2 Å². The molecule has 32 heavy (non-hydrogen) atoms. The SMILES string of the molecule is CCOc1cccc(C2Nc3ccccc3C(=O)N2c2ccc3c(c2)OCCO3)c1OC. The molecule has 3 aromatic rings. The smallest absolute Gasteiger partial charge is 0.262 e. The number of fused-ring (bicyclic) bond motifs is 2. The summed E-state index contributed by atoms with van der Waals surface area (Å²) in [5, 5.41) is 3.51. The van der Waals surface area contributed by atoms with Gasteiger partial charge in [-0.3, -0.25) is 9.69 Å². The molecule has 7 nitrogen and oxygen atoms in total. The van der Waals surface area contributed by atoms with Crippen molar-refractivity contribution >= 4 is 17.3 Å². The van der Waals surface area contributed by atoms with Crippen molar-refractivity contribution in [3.63, 3.8) is 0 Å². The lowest BCUT2D eigenvalue weighted by molar-refractivity contribution is 0.0974. The summed E-state index contributed by atoms with van der Waals surface area (Å²) in [7, 11) is 1.61. The van der Waals surface area contributed by atoms with Gasteiger partial charge in [0, 0.05) is 17.3 Å². The zero-order valence-electron chi connectivity index (χ0n) is 18.0. The van der Waals surface area contributed by atoms with E-state index in [9.17, 15) is 4.79 Å². The molecule has 2 aliphatic heterocycles. The Hall–Kier alpha value is -3.87. The molecule has 0 saturated heterocycles. The molecule has 0 aromatic heterocycles. The van der Waals surface area contributed by atoms with Crippen molar-refractivity contribution in [2.24, 2.45) is 0 Å². The van der Waals surface area contributed by atoms with Crippen LogP contribution in [0.4, 0.5) is 11.4 Å². The predicted octanol–water partition coefficient (Wildman–Crippen LogP) is 4.64. The third kappa shape index (κ3) is 3.36. The Morgan fingerprint density at radius 3 is 2.66 bits per heavy atom. The van der Waals surface area contributed by atoms with Crippen LogP contribution in [0, 0.1) is 0 Å². The second-order valence-corrected chi connectivity index (χ2v) is 7.41. The van der Waals surface area contributed by atoms with E-state index < -0.39 is 6.17 Å². The average Bonchev–Trinajstić information content (AvgIpc) is 2.84. The van der Waals surface area contributed by atoms with Crippen LogP contribution in [0.1, 0.15) is 29.0 Å². The van der Waals surface area contributed by atoms with Gasteiger partial charge in [-0.1, -0.05) is 24.3 Å². The van der Waals surface area contributed by atoms with Crippen molar-refractivity contribution in [2.45, 2.75) is 13.1 Å². The van der Waals surface area contributed by atoms with Gasteiger partial charge in [0.1, 0.15) is 19.4 Å². The molecular weight excluding hydrogens is 408 g/mol. The lowest BCUT2D eigenvalue weighted by Gasteiger charge is -2.39. The van der Waals surface area contributed by atoms with E-state index in [1.54, 1.807) is 12.0 Å². The highest BCUT2D eigenvalue weighted by Gasteiger charge is 2.36. The van der Waals surface area contributed by atoms with Gasteiger partial charge in [-0.05, 0) is 37.3 Å². The molecule has 1 atom stereocenters. The number of methoxy groups -OCH3 is 1. The number of benzene rings is 3. The first-order chi connectivity index (χ1) is 15.7. The summed E-state index contributed by atoms with van der Waals surface area (Å²) in [6.45, 7) is 3.41. The van der Waals surface area contributed by atoms with Crippen molar-refractivity contribution in [1.29, 1.82) is 0 Å². The third-order valence-electron chi connectivity index (χ3n) is 5.54. The molecule has 5 rings (SSSR count). The summed E-state index contributed by atoms with van der Waals surface area (Å²) in [5.41, 5.74) is 2.84. The predicted molar refractivity (Wildman–Crippen MR) is 121 cm³/mol. The molecule has 0 bridgehead atoms. The van der Waals surface area contributed by atoms with Gasteiger partial charge in [0.15, 0.2) is 23.0 Å². The summed E-state index contributed by atoms with van der Waals surface area (Å²) >= 11 is 0. The Bertz CT molecular complexity index is 1160. The molecule has 0 aliphatic carbocycles. The van der Waals surface area contributed by atoms with Crippen LogP contribution in [0.25, 0.3) is 0 Å². The van der Waals surface area contributed by atoms with Gasteiger partial charge in [-0.25, -0.2) is 0 Å². The molecule has 2 aliphatic rings. The highest BCUT2D eigenvalue weighted by molar-refractivity contribution is 6.12. The highest BCUT2D eigenvalue weighted by Crippen LogP contribution is 2.44. The molecule has 0 fully saturated rings. The van der Waals surface area contributed by atoms with Crippen molar-refractivity contribution in [1.82, 2.24) is 0 Å². The Morgan fingerprint density at radius 2 is 1.84 bits per heavy atom. The number of rotatable bonds is 5. The number of amides is 1. The summed E-state index contributed by atoms with van der Waals surface area (Å²) in [6, 6.07) is 18.7. The largest absolute Gasteiger partial charge is 0.492 e. The maximum absolute atomic E-state index is 13.7. The van der Waals surface area contributed by atoms with Gasteiger partial charge in [-0.15, -0.1) is 0 Å². The maximum Gasteiger partial charge on any atom is 0.262 e. The Balaban J connectivity index is 1.66. The van der Waals surface area contributed by atoms with Gasteiger partial charge in [0.25, 0.3) is 5.91 Å². The lowest BCUT2D eigenvalue weighted by atomic mass is 10.0. The fourth-order valence-electron chi connectivity index (χ4n) is 4.16. The number of para-hydroxylation sites is 2. The van der Waals surface area contributed by atoms with Crippen LogP contribution >= 0.6 is 0 Å². The zero-order valence-corrected chi connectivity index (χ0v) is 18.0. The van der Waals surface area contributed by atoms with E-state index >= 15 is 0 Å². The van der Waals surface area contributed by atoms with E-state index in [1.165, 1.54) is 0 Å². The average molecular weight is 432 g/mol. The molecular formula is C25H24N2O5. The number of nitrogens with zero attached hydrogens (tertiary/aromatic N) is 1. The minimum atomic E-state index is -0.518. The normalized spacial score (nSPS) is 16.8. The number of carbonyl (C=O) groups excluding carboxylic acids is 1. The molecule has 164 valence electrons. The molecule has 0 saturated carbocycles. The van der Waals surface area contributed by atoms with Gasteiger partial charge in [-0.2, -0.15) is 0 Å². The van der Waals surface area contributed by atoms with Crippen LogP contribution in [-0.4, -0.2) is 32.8 Å². The number of hydrogen-bond donors (Lipinski definition) is 1. The van der Waals surface area contributed by atoms with E-state index in [-0.39, 0.29) is 5.91 Å². The molecule has 2 heterocycles. The molecule has 1 unspecified atom stereocenters. The molecule has 0 spiro atoms. The number of hydrogen-bond acceptors (Lipinski definition) is 6. The molecule has 1 N–H and O–H groups in total. The van der Waals surface area contributed by atoms with E-state index in [4.69, 9.17) is 18.9 Å². The van der Waals surface area contributed by atoms with Crippen LogP contribution in [0.3, 0.4) is 0 Å². The minimum Gasteiger partial charge on any atom is -0.492 e. The first-order valence-corrected chi connectivity index (χ1v) is 10.6. The number of ether oxygens (including phenoxy) is 4. The molecule has 0 radical (unpaired) electrons. The fourth-order valence-corrected chi connectivity index (χ4v) is 4.16. The van der Waals surface area contributed by atoms with Crippen molar-refractivity contribution in [3.8, 4) is 23.0 Å². The van der Waals surface area contributed by atoms with E-state index in [1.807, 2.05) is 67.6 Å². The van der Waals surface area contributed by atoms with Gasteiger partial charge in [0.05, 0.1) is 25.0 Å². The van der Waals surface area contributed by atoms with Crippen molar-refractivity contribution in [3.05, 3.63) is 71.8 Å². The second kappa shape index (κ2) is 8.34.